The van der Waals surface area contributed by atoms with Gasteiger partial charge in [0.1, 0.15) is 0 Å². The minimum Gasteiger partial charge on any atom is -0.478 e. The van der Waals surface area contributed by atoms with E-state index in [1.165, 1.54) is 24.3 Å². The number of carboxylic acids is 1. The van der Waals surface area contributed by atoms with Gasteiger partial charge in [-0.05, 0) is 30.2 Å². The SMILES string of the molecule is CC(C)[C@@H](CO)NS(=O)(=O)c1ccc(C(=O)O)cc1. The lowest BCUT2D eigenvalue weighted by Gasteiger charge is -2.19. The van der Waals surface area contributed by atoms with Gasteiger partial charge in [0.2, 0.25) is 10.0 Å². The average Bonchev–Trinajstić information content (AvgIpc) is 2.35. The highest BCUT2D eigenvalue weighted by Gasteiger charge is 2.22. The zero-order valence-electron chi connectivity index (χ0n) is 10.7. The first-order chi connectivity index (χ1) is 8.77. The number of aliphatic hydroxyl groups excluding tert-OH is 1. The van der Waals surface area contributed by atoms with E-state index in [9.17, 15) is 13.2 Å². The monoisotopic (exact) mass is 287 g/mol. The Bertz CT molecular complexity index is 536. The lowest BCUT2D eigenvalue weighted by atomic mass is 10.1. The Morgan fingerprint density at radius 2 is 1.79 bits per heavy atom. The summed E-state index contributed by atoms with van der Waals surface area (Å²) in [7, 11) is -3.76. The van der Waals surface area contributed by atoms with Crippen molar-refractivity contribution in [1.82, 2.24) is 4.72 Å². The van der Waals surface area contributed by atoms with E-state index in [-0.39, 0.29) is 23.0 Å². The van der Waals surface area contributed by atoms with Gasteiger partial charge in [-0.25, -0.2) is 17.9 Å². The molecule has 1 aromatic rings. The molecule has 0 aromatic heterocycles. The zero-order chi connectivity index (χ0) is 14.6. The lowest BCUT2D eigenvalue weighted by molar-refractivity contribution is 0.0696. The number of aliphatic hydroxyl groups is 1. The van der Waals surface area contributed by atoms with Gasteiger partial charge in [0.05, 0.1) is 17.1 Å². The highest BCUT2D eigenvalue weighted by atomic mass is 32.2. The molecule has 1 atom stereocenters. The van der Waals surface area contributed by atoms with Gasteiger partial charge in [-0.1, -0.05) is 13.8 Å². The first kappa shape index (κ1) is 15.6. The van der Waals surface area contributed by atoms with E-state index in [2.05, 4.69) is 4.72 Å². The van der Waals surface area contributed by atoms with Crippen LogP contribution in [0.3, 0.4) is 0 Å². The Hall–Kier alpha value is -1.44. The fourth-order valence-corrected chi connectivity index (χ4v) is 2.80. The van der Waals surface area contributed by atoms with Crippen molar-refractivity contribution >= 4 is 16.0 Å². The van der Waals surface area contributed by atoms with Crippen LogP contribution in [0.5, 0.6) is 0 Å². The average molecular weight is 287 g/mol. The molecule has 6 nitrogen and oxygen atoms in total. The summed E-state index contributed by atoms with van der Waals surface area (Å²) in [6.45, 7) is 3.28. The molecular weight excluding hydrogens is 270 g/mol. The van der Waals surface area contributed by atoms with Gasteiger partial charge in [-0.3, -0.25) is 0 Å². The number of aromatic carboxylic acids is 1. The summed E-state index contributed by atoms with van der Waals surface area (Å²) in [4.78, 5) is 10.6. The van der Waals surface area contributed by atoms with Gasteiger partial charge in [0, 0.05) is 6.04 Å². The molecule has 0 saturated heterocycles. The predicted molar refractivity (Wildman–Crippen MR) is 69.4 cm³/mol. The number of hydrogen-bond donors (Lipinski definition) is 3. The summed E-state index contributed by atoms with van der Waals surface area (Å²) in [6.07, 6.45) is 0. The molecule has 1 aromatic carbocycles. The second-order valence-electron chi connectivity index (χ2n) is 4.48. The first-order valence-electron chi connectivity index (χ1n) is 5.74. The largest absolute Gasteiger partial charge is 0.478 e. The second kappa shape index (κ2) is 6.14. The van der Waals surface area contributed by atoms with E-state index in [4.69, 9.17) is 10.2 Å². The van der Waals surface area contributed by atoms with Crippen LogP contribution in [0.15, 0.2) is 29.2 Å². The molecule has 0 bridgehead atoms. The van der Waals surface area contributed by atoms with E-state index in [1.807, 2.05) is 0 Å². The van der Waals surface area contributed by atoms with Gasteiger partial charge < -0.3 is 10.2 Å². The number of rotatable bonds is 6. The number of sulfonamides is 1. The van der Waals surface area contributed by atoms with Crippen molar-refractivity contribution in [3.8, 4) is 0 Å². The predicted octanol–water partition coefficient (Wildman–Crippen LogP) is 0.680. The Morgan fingerprint density at radius 3 is 2.16 bits per heavy atom. The highest BCUT2D eigenvalue weighted by Crippen LogP contribution is 2.13. The van der Waals surface area contributed by atoms with E-state index in [0.717, 1.165) is 0 Å². The summed E-state index contributed by atoms with van der Waals surface area (Å²) in [5, 5.41) is 17.9. The number of carboxylic acid groups (broad SMARTS) is 1. The number of hydrogen-bond acceptors (Lipinski definition) is 4. The molecular formula is C12H17NO5S. The molecule has 1 rings (SSSR count). The standard InChI is InChI=1S/C12H17NO5S/c1-8(2)11(7-14)13-19(17,18)10-5-3-9(4-6-10)12(15)16/h3-6,8,11,13-14H,7H2,1-2H3,(H,15,16)/t11-/m1/s1. The molecule has 7 heteroatoms. The Labute approximate surface area is 112 Å². The quantitative estimate of drug-likeness (QED) is 0.714. The summed E-state index contributed by atoms with van der Waals surface area (Å²) < 4.78 is 26.4. The maximum Gasteiger partial charge on any atom is 0.335 e. The fourth-order valence-electron chi connectivity index (χ4n) is 1.43. The van der Waals surface area contributed by atoms with E-state index >= 15 is 0 Å². The molecule has 0 aliphatic heterocycles. The van der Waals surface area contributed by atoms with Crippen molar-refractivity contribution < 1.29 is 23.4 Å². The minimum absolute atomic E-state index is 0.0153. The topological polar surface area (TPSA) is 104 Å². The summed E-state index contributed by atoms with van der Waals surface area (Å²) in [6, 6.07) is 4.31. The smallest absolute Gasteiger partial charge is 0.335 e. The van der Waals surface area contributed by atoms with Crippen LogP contribution < -0.4 is 4.72 Å². The van der Waals surface area contributed by atoms with Crippen molar-refractivity contribution in [3.63, 3.8) is 0 Å². The van der Waals surface area contributed by atoms with Crippen molar-refractivity contribution in [2.45, 2.75) is 24.8 Å². The maximum atomic E-state index is 12.0. The minimum atomic E-state index is -3.76. The second-order valence-corrected chi connectivity index (χ2v) is 6.20. The fraction of sp³-hybridized carbons (Fsp3) is 0.417. The van der Waals surface area contributed by atoms with Crippen molar-refractivity contribution in [3.05, 3.63) is 29.8 Å². The number of carbonyl (C=O) groups is 1. The third-order valence-corrected chi connectivity index (χ3v) is 4.23. The van der Waals surface area contributed by atoms with Crippen LogP contribution in [0, 0.1) is 5.92 Å². The van der Waals surface area contributed by atoms with Crippen LogP contribution in [-0.2, 0) is 10.0 Å². The lowest BCUT2D eigenvalue weighted by Crippen LogP contribution is -2.41. The van der Waals surface area contributed by atoms with Crippen molar-refractivity contribution in [2.24, 2.45) is 5.92 Å². The highest BCUT2D eigenvalue weighted by molar-refractivity contribution is 7.89. The van der Waals surface area contributed by atoms with E-state index in [1.54, 1.807) is 13.8 Å². The molecule has 106 valence electrons. The zero-order valence-corrected chi connectivity index (χ0v) is 11.5. The molecule has 0 amide bonds. The van der Waals surface area contributed by atoms with Crippen LogP contribution in [0.25, 0.3) is 0 Å². The Kier molecular flexibility index (Phi) is 5.04. The van der Waals surface area contributed by atoms with Gasteiger partial charge in [-0.2, -0.15) is 0 Å². The summed E-state index contributed by atoms with van der Waals surface area (Å²) in [5.41, 5.74) is 0.0153. The van der Waals surface area contributed by atoms with Gasteiger partial charge >= 0.3 is 5.97 Å². The van der Waals surface area contributed by atoms with Crippen LogP contribution in [0.1, 0.15) is 24.2 Å². The first-order valence-corrected chi connectivity index (χ1v) is 7.23. The van der Waals surface area contributed by atoms with Crippen LogP contribution >= 0.6 is 0 Å². The molecule has 3 N–H and O–H groups in total. The molecule has 0 unspecified atom stereocenters. The van der Waals surface area contributed by atoms with Gasteiger partial charge in [-0.15, -0.1) is 0 Å². The Morgan fingerprint density at radius 1 is 1.26 bits per heavy atom. The molecule has 19 heavy (non-hydrogen) atoms. The number of benzene rings is 1. The van der Waals surface area contributed by atoms with Crippen LogP contribution in [-0.4, -0.2) is 37.2 Å². The van der Waals surface area contributed by atoms with Crippen LogP contribution in [0.4, 0.5) is 0 Å². The molecule has 0 saturated carbocycles. The van der Waals surface area contributed by atoms with Crippen LogP contribution in [0.2, 0.25) is 0 Å². The number of nitrogens with one attached hydrogen (secondary N) is 1. The Balaban J connectivity index is 2.97. The molecule has 0 spiro atoms. The molecule has 0 radical (unpaired) electrons. The normalized spacial score (nSPS) is 13.5. The molecule has 0 fully saturated rings. The van der Waals surface area contributed by atoms with Gasteiger partial charge in [0.15, 0.2) is 0 Å². The van der Waals surface area contributed by atoms with Crippen molar-refractivity contribution in [2.75, 3.05) is 6.61 Å². The van der Waals surface area contributed by atoms with Gasteiger partial charge in [0.25, 0.3) is 0 Å². The van der Waals surface area contributed by atoms with Crippen molar-refractivity contribution in [1.29, 1.82) is 0 Å². The summed E-state index contributed by atoms with van der Waals surface area (Å²) in [5.74, 6) is -1.18. The molecule has 0 aliphatic carbocycles. The summed E-state index contributed by atoms with van der Waals surface area (Å²) >= 11 is 0. The molecule has 0 heterocycles. The van der Waals surface area contributed by atoms with E-state index in [0.29, 0.717) is 0 Å². The van der Waals surface area contributed by atoms with E-state index < -0.39 is 22.0 Å². The third kappa shape index (κ3) is 4.02. The third-order valence-electron chi connectivity index (χ3n) is 2.72. The molecule has 0 aliphatic rings. The maximum absolute atomic E-state index is 12.0.